The number of hydrogen-bond donors (Lipinski definition) is 1. The van der Waals surface area contributed by atoms with Crippen LogP contribution in [0.4, 0.5) is 0 Å². The summed E-state index contributed by atoms with van der Waals surface area (Å²) in [6, 6.07) is 4.84. The summed E-state index contributed by atoms with van der Waals surface area (Å²) in [6.07, 6.45) is 2.42. The van der Waals surface area contributed by atoms with Crippen molar-refractivity contribution in [1.29, 1.82) is 0 Å². The molecule has 22 heavy (non-hydrogen) atoms. The number of carbonyl (C=O) groups is 2. The SMILES string of the molecule is CCOc1ccc2c(c1)C(=O)C(C(O)CC=C(C)C)=CC2=O. The van der Waals surface area contributed by atoms with Gasteiger partial charge in [0.15, 0.2) is 11.6 Å². The number of hydrogen-bond acceptors (Lipinski definition) is 4. The molecule has 1 aromatic rings. The molecule has 1 N–H and O–H groups in total. The maximum Gasteiger partial charge on any atom is 0.192 e. The lowest BCUT2D eigenvalue weighted by Crippen LogP contribution is -2.25. The monoisotopic (exact) mass is 300 g/mol. The summed E-state index contributed by atoms with van der Waals surface area (Å²) in [5.74, 6) is -0.0304. The molecule has 116 valence electrons. The fourth-order valence-electron chi connectivity index (χ4n) is 2.34. The van der Waals surface area contributed by atoms with Crippen molar-refractivity contribution in [2.24, 2.45) is 0 Å². The maximum absolute atomic E-state index is 12.5. The van der Waals surface area contributed by atoms with Gasteiger partial charge in [0.25, 0.3) is 0 Å². The number of aliphatic hydroxyl groups is 1. The summed E-state index contributed by atoms with van der Waals surface area (Å²) in [5, 5.41) is 10.2. The Balaban J connectivity index is 2.34. The largest absolute Gasteiger partial charge is 0.494 e. The van der Waals surface area contributed by atoms with Crippen LogP contribution in [-0.2, 0) is 0 Å². The first kappa shape index (κ1) is 16.2. The van der Waals surface area contributed by atoms with Gasteiger partial charge in [-0.3, -0.25) is 9.59 Å². The average Bonchev–Trinajstić information content (AvgIpc) is 2.48. The first-order valence-corrected chi connectivity index (χ1v) is 7.33. The first-order chi connectivity index (χ1) is 10.4. The van der Waals surface area contributed by atoms with Gasteiger partial charge in [0.2, 0.25) is 0 Å². The van der Waals surface area contributed by atoms with Gasteiger partial charge < -0.3 is 9.84 Å². The number of fused-ring (bicyclic) bond motifs is 1. The first-order valence-electron chi connectivity index (χ1n) is 7.33. The molecule has 1 unspecified atom stereocenters. The molecule has 0 aromatic heterocycles. The number of Topliss-reactive ketones (excluding diaryl/α,β-unsaturated/α-hetero) is 1. The smallest absolute Gasteiger partial charge is 0.192 e. The van der Waals surface area contributed by atoms with E-state index < -0.39 is 6.10 Å². The zero-order valence-corrected chi connectivity index (χ0v) is 13.1. The lowest BCUT2D eigenvalue weighted by Gasteiger charge is -2.19. The van der Waals surface area contributed by atoms with Crippen LogP contribution in [0.2, 0.25) is 0 Å². The molecule has 1 atom stereocenters. The molecule has 0 saturated heterocycles. The van der Waals surface area contributed by atoms with Crippen LogP contribution in [-0.4, -0.2) is 29.4 Å². The molecule has 4 nitrogen and oxygen atoms in total. The second-order valence-corrected chi connectivity index (χ2v) is 5.47. The molecule has 1 aliphatic carbocycles. The summed E-state index contributed by atoms with van der Waals surface area (Å²) in [7, 11) is 0. The summed E-state index contributed by atoms with van der Waals surface area (Å²) in [6.45, 7) is 6.16. The van der Waals surface area contributed by atoms with E-state index in [4.69, 9.17) is 4.74 Å². The summed E-state index contributed by atoms with van der Waals surface area (Å²) in [5.41, 5.74) is 1.84. The average molecular weight is 300 g/mol. The van der Waals surface area contributed by atoms with Crippen molar-refractivity contribution in [2.75, 3.05) is 6.61 Å². The second-order valence-electron chi connectivity index (χ2n) is 5.47. The normalized spacial score (nSPS) is 15.0. The number of benzene rings is 1. The Morgan fingerprint density at radius 2 is 2.00 bits per heavy atom. The van der Waals surface area contributed by atoms with Gasteiger partial charge in [0.1, 0.15) is 5.75 Å². The molecule has 0 fully saturated rings. The third-order valence-electron chi connectivity index (χ3n) is 3.47. The molecule has 1 aliphatic rings. The highest BCUT2D eigenvalue weighted by molar-refractivity contribution is 6.25. The molecule has 0 spiro atoms. The van der Waals surface area contributed by atoms with Gasteiger partial charge >= 0.3 is 0 Å². The number of ketones is 2. The van der Waals surface area contributed by atoms with Crippen LogP contribution in [0, 0.1) is 0 Å². The fourth-order valence-corrected chi connectivity index (χ4v) is 2.34. The van der Waals surface area contributed by atoms with Crippen molar-refractivity contribution in [2.45, 2.75) is 33.3 Å². The third kappa shape index (κ3) is 3.34. The van der Waals surface area contributed by atoms with Crippen molar-refractivity contribution >= 4 is 11.6 Å². The summed E-state index contributed by atoms with van der Waals surface area (Å²) < 4.78 is 5.38. The highest BCUT2D eigenvalue weighted by atomic mass is 16.5. The van der Waals surface area contributed by atoms with Gasteiger partial charge in [0.05, 0.1) is 12.7 Å². The van der Waals surface area contributed by atoms with Crippen LogP contribution in [0.5, 0.6) is 5.75 Å². The molecule has 0 amide bonds. The molecule has 2 rings (SSSR count). The quantitative estimate of drug-likeness (QED) is 0.849. The molecular formula is C18H20O4. The minimum Gasteiger partial charge on any atom is -0.494 e. The number of ether oxygens (including phenoxy) is 1. The predicted octanol–water partition coefficient (Wildman–Crippen LogP) is 3.11. The molecule has 4 heteroatoms. The molecule has 1 aromatic carbocycles. The van der Waals surface area contributed by atoms with Gasteiger partial charge in [-0.25, -0.2) is 0 Å². The van der Waals surface area contributed by atoms with E-state index in [1.54, 1.807) is 18.2 Å². The van der Waals surface area contributed by atoms with E-state index >= 15 is 0 Å². The van der Waals surface area contributed by atoms with Crippen LogP contribution in [0.25, 0.3) is 0 Å². The van der Waals surface area contributed by atoms with Crippen LogP contribution in [0.15, 0.2) is 41.5 Å². The van der Waals surface area contributed by atoms with E-state index in [1.807, 2.05) is 26.8 Å². The van der Waals surface area contributed by atoms with E-state index in [0.29, 0.717) is 29.9 Å². The Kier molecular flexibility index (Phi) is 4.93. The molecule has 0 saturated carbocycles. The predicted molar refractivity (Wildman–Crippen MR) is 84.4 cm³/mol. The van der Waals surface area contributed by atoms with E-state index in [2.05, 4.69) is 0 Å². The van der Waals surface area contributed by atoms with E-state index in [1.165, 1.54) is 6.08 Å². The van der Waals surface area contributed by atoms with Crippen molar-refractivity contribution in [3.63, 3.8) is 0 Å². The van der Waals surface area contributed by atoms with Crippen LogP contribution >= 0.6 is 0 Å². The Morgan fingerprint density at radius 3 is 2.64 bits per heavy atom. The number of rotatable bonds is 5. The van der Waals surface area contributed by atoms with E-state index in [0.717, 1.165) is 5.57 Å². The topological polar surface area (TPSA) is 63.6 Å². The summed E-state index contributed by atoms with van der Waals surface area (Å²) >= 11 is 0. The lowest BCUT2D eigenvalue weighted by molar-refractivity contribution is 0.0947. The van der Waals surface area contributed by atoms with Crippen LogP contribution in [0.1, 0.15) is 47.9 Å². The fraction of sp³-hybridized carbons (Fsp3) is 0.333. The molecule has 0 radical (unpaired) electrons. The van der Waals surface area contributed by atoms with Crippen molar-refractivity contribution in [1.82, 2.24) is 0 Å². The minimum atomic E-state index is -0.977. The highest BCUT2D eigenvalue weighted by Gasteiger charge is 2.29. The van der Waals surface area contributed by atoms with Gasteiger partial charge in [-0.15, -0.1) is 0 Å². The van der Waals surface area contributed by atoms with Gasteiger partial charge in [-0.2, -0.15) is 0 Å². The van der Waals surface area contributed by atoms with E-state index in [-0.39, 0.29) is 17.1 Å². The highest BCUT2D eigenvalue weighted by Crippen LogP contribution is 2.27. The third-order valence-corrected chi connectivity index (χ3v) is 3.47. The van der Waals surface area contributed by atoms with Gasteiger partial charge in [-0.1, -0.05) is 11.6 Å². The van der Waals surface area contributed by atoms with E-state index in [9.17, 15) is 14.7 Å². The molecule has 0 heterocycles. The van der Waals surface area contributed by atoms with Crippen LogP contribution in [0.3, 0.4) is 0 Å². The van der Waals surface area contributed by atoms with Crippen molar-refractivity contribution in [3.8, 4) is 5.75 Å². The Bertz CT molecular complexity index is 664. The number of aliphatic hydroxyl groups excluding tert-OH is 1. The Morgan fingerprint density at radius 1 is 1.27 bits per heavy atom. The number of carbonyl (C=O) groups excluding carboxylic acids is 2. The zero-order valence-electron chi connectivity index (χ0n) is 13.1. The van der Waals surface area contributed by atoms with Gasteiger partial charge in [0, 0.05) is 16.7 Å². The maximum atomic E-state index is 12.5. The van der Waals surface area contributed by atoms with Crippen LogP contribution < -0.4 is 4.74 Å². The summed E-state index contributed by atoms with van der Waals surface area (Å²) in [4.78, 5) is 24.7. The Labute approximate surface area is 130 Å². The number of allylic oxidation sites excluding steroid dienone is 2. The van der Waals surface area contributed by atoms with Gasteiger partial charge in [-0.05, 0) is 51.5 Å². The second kappa shape index (κ2) is 6.71. The van der Waals surface area contributed by atoms with Crippen molar-refractivity contribution < 1.29 is 19.4 Å². The molecule has 0 aliphatic heterocycles. The van der Waals surface area contributed by atoms with Crippen molar-refractivity contribution in [3.05, 3.63) is 52.6 Å². The standard InChI is InChI=1S/C18H20O4/c1-4-22-12-6-7-13-14(9-12)18(21)15(10-17(13)20)16(19)8-5-11(2)3/h5-7,9-10,16,19H,4,8H2,1-3H3. The lowest BCUT2D eigenvalue weighted by atomic mass is 9.86. The Hall–Kier alpha value is -2.20. The minimum absolute atomic E-state index is 0.142. The zero-order chi connectivity index (χ0) is 16.3. The molecular weight excluding hydrogens is 280 g/mol. The molecule has 0 bridgehead atoms.